The summed E-state index contributed by atoms with van der Waals surface area (Å²) in [6.07, 6.45) is 2.67. The lowest BCUT2D eigenvalue weighted by Crippen LogP contribution is -2.31. The van der Waals surface area contributed by atoms with E-state index in [0.29, 0.717) is 12.5 Å². The van der Waals surface area contributed by atoms with Gasteiger partial charge in [-0.25, -0.2) is 0 Å². The Balaban J connectivity index is 1.85. The van der Waals surface area contributed by atoms with E-state index < -0.39 is 0 Å². The molecule has 0 aromatic rings. The van der Waals surface area contributed by atoms with Crippen LogP contribution < -0.4 is 0 Å². The Kier molecular flexibility index (Phi) is 2.28. The Hall–Kier alpha value is -0.570. The SMILES string of the molecule is CCC1CC1C(=O)N1CC[C@@H](O)C1. The van der Waals surface area contributed by atoms with Gasteiger partial charge in [0.15, 0.2) is 0 Å². The number of rotatable bonds is 2. The highest BCUT2D eigenvalue weighted by molar-refractivity contribution is 5.81. The second-order valence-corrected chi connectivity index (χ2v) is 4.24. The molecule has 0 aromatic carbocycles. The summed E-state index contributed by atoms with van der Waals surface area (Å²) >= 11 is 0. The fourth-order valence-electron chi connectivity index (χ4n) is 2.18. The molecule has 1 heterocycles. The zero-order chi connectivity index (χ0) is 9.42. The summed E-state index contributed by atoms with van der Waals surface area (Å²) in [5.74, 6) is 1.20. The molecule has 2 rings (SSSR count). The number of aliphatic hydroxyl groups excluding tert-OH is 1. The van der Waals surface area contributed by atoms with Gasteiger partial charge in [-0.1, -0.05) is 13.3 Å². The van der Waals surface area contributed by atoms with E-state index in [4.69, 9.17) is 0 Å². The molecule has 1 saturated carbocycles. The molecular weight excluding hydrogens is 166 g/mol. The Bertz CT molecular complexity index is 217. The number of amides is 1. The van der Waals surface area contributed by atoms with Gasteiger partial charge in [0.2, 0.25) is 5.91 Å². The van der Waals surface area contributed by atoms with Crippen LogP contribution in [0.2, 0.25) is 0 Å². The average molecular weight is 183 g/mol. The summed E-state index contributed by atoms with van der Waals surface area (Å²) in [5, 5.41) is 9.28. The maximum atomic E-state index is 11.7. The number of likely N-dealkylation sites (tertiary alicyclic amines) is 1. The van der Waals surface area contributed by atoms with Gasteiger partial charge in [-0.15, -0.1) is 0 Å². The molecule has 3 nitrogen and oxygen atoms in total. The van der Waals surface area contributed by atoms with E-state index in [0.717, 1.165) is 25.8 Å². The van der Waals surface area contributed by atoms with Crippen LogP contribution in [0.25, 0.3) is 0 Å². The first kappa shape index (κ1) is 9.00. The number of carbonyl (C=O) groups excluding carboxylic acids is 1. The minimum absolute atomic E-state index is 0.275. The average Bonchev–Trinajstić information content (AvgIpc) is 2.80. The third kappa shape index (κ3) is 1.70. The molecule has 1 aliphatic carbocycles. The summed E-state index contributed by atoms with van der Waals surface area (Å²) in [6, 6.07) is 0. The Morgan fingerprint density at radius 1 is 1.62 bits per heavy atom. The summed E-state index contributed by atoms with van der Waals surface area (Å²) < 4.78 is 0. The van der Waals surface area contributed by atoms with Crippen LogP contribution in [0.15, 0.2) is 0 Å². The van der Waals surface area contributed by atoms with Gasteiger partial charge in [-0.2, -0.15) is 0 Å². The van der Waals surface area contributed by atoms with E-state index in [1.807, 2.05) is 4.90 Å². The van der Waals surface area contributed by atoms with Crippen LogP contribution in [0.4, 0.5) is 0 Å². The van der Waals surface area contributed by atoms with Crippen molar-refractivity contribution < 1.29 is 9.90 Å². The third-order valence-corrected chi connectivity index (χ3v) is 3.24. The predicted octanol–water partition coefficient (Wildman–Crippen LogP) is 0.626. The first-order valence-electron chi connectivity index (χ1n) is 5.19. The van der Waals surface area contributed by atoms with Gasteiger partial charge in [0, 0.05) is 19.0 Å². The van der Waals surface area contributed by atoms with Crippen LogP contribution in [0.3, 0.4) is 0 Å². The molecule has 1 aliphatic heterocycles. The number of carbonyl (C=O) groups is 1. The van der Waals surface area contributed by atoms with Crippen molar-refractivity contribution in [1.29, 1.82) is 0 Å². The molecule has 2 aliphatic rings. The lowest BCUT2D eigenvalue weighted by Gasteiger charge is -2.15. The molecule has 74 valence electrons. The lowest BCUT2D eigenvalue weighted by atomic mass is 10.2. The molecule has 1 saturated heterocycles. The van der Waals surface area contributed by atoms with Gasteiger partial charge >= 0.3 is 0 Å². The molecular formula is C10H17NO2. The number of aliphatic hydroxyl groups is 1. The fourth-order valence-corrected chi connectivity index (χ4v) is 2.18. The van der Waals surface area contributed by atoms with Gasteiger partial charge < -0.3 is 10.0 Å². The molecule has 3 atom stereocenters. The zero-order valence-corrected chi connectivity index (χ0v) is 8.07. The van der Waals surface area contributed by atoms with Crippen LogP contribution in [-0.2, 0) is 4.79 Å². The van der Waals surface area contributed by atoms with E-state index in [2.05, 4.69) is 6.92 Å². The Morgan fingerprint density at radius 3 is 2.85 bits per heavy atom. The quantitative estimate of drug-likeness (QED) is 0.682. The normalized spacial score (nSPS) is 38.0. The number of β-amino-alcohol motifs (C(OH)–C–C–N with tert-alkyl or cyclic N) is 1. The molecule has 13 heavy (non-hydrogen) atoms. The fraction of sp³-hybridized carbons (Fsp3) is 0.900. The molecule has 3 heteroatoms. The van der Waals surface area contributed by atoms with E-state index in [1.165, 1.54) is 0 Å². The van der Waals surface area contributed by atoms with E-state index in [1.54, 1.807) is 0 Å². The van der Waals surface area contributed by atoms with Crippen molar-refractivity contribution >= 4 is 5.91 Å². The topological polar surface area (TPSA) is 40.5 Å². The van der Waals surface area contributed by atoms with Crippen molar-refractivity contribution in [2.24, 2.45) is 11.8 Å². The van der Waals surface area contributed by atoms with Crippen molar-refractivity contribution in [3.63, 3.8) is 0 Å². The first-order chi connectivity index (χ1) is 6.22. The van der Waals surface area contributed by atoms with Crippen molar-refractivity contribution in [2.75, 3.05) is 13.1 Å². The molecule has 1 amide bonds. The first-order valence-corrected chi connectivity index (χ1v) is 5.19. The summed E-state index contributed by atoms with van der Waals surface area (Å²) in [4.78, 5) is 13.6. The summed E-state index contributed by atoms with van der Waals surface area (Å²) in [5.41, 5.74) is 0. The molecule has 2 fully saturated rings. The van der Waals surface area contributed by atoms with Crippen LogP contribution in [0.5, 0.6) is 0 Å². The van der Waals surface area contributed by atoms with Gasteiger partial charge in [0.05, 0.1) is 6.10 Å². The van der Waals surface area contributed by atoms with Crippen LogP contribution in [-0.4, -0.2) is 35.1 Å². The standard InChI is InChI=1S/C10H17NO2/c1-2-7-5-9(7)10(13)11-4-3-8(12)6-11/h7-9,12H,2-6H2,1H3/t7?,8-,9?/m1/s1. The third-order valence-electron chi connectivity index (χ3n) is 3.24. The van der Waals surface area contributed by atoms with Crippen LogP contribution in [0, 0.1) is 11.8 Å². The van der Waals surface area contributed by atoms with Gasteiger partial charge in [-0.05, 0) is 18.8 Å². The Morgan fingerprint density at radius 2 is 2.38 bits per heavy atom. The number of hydrogen-bond donors (Lipinski definition) is 1. The molecule has 0 aromatic heterocycles. The van der Waals surface area contributed by atoms with Gasteiger partial charge in [0.25, 0.3) is 0 Å². The molecule has 2 unspecified atom stereocenters. The summed E-state index contributed by atoms with van der Waals surface area (Å²) in [6.45, 7) is 3.45. The lowest BCUT2D eigenvalue weighted by molar-refractivity contribution is -0.132. The highest BCUT2D eigenvalue weighted by atomic mass is 16.3. The second-order valence-electron chi connectivity index (χ2n) is 4.24. The highest BCUT2D eigenvalue weighted by Crippen LogP contribution is 2.42. The monoisotopic (exact) mass is 183 g/mol. The molecule has 0 bridgehead atoms. The summed E-state index contributed by atoms with van der Waals surface area (Å²) in [7, 11) is 0. The maximum absolute atomic E-state index is 11.7. The van der Waals surface area contributed by atoms with E-state index >= 15 is 0 Å². The zero-order valence-electron chi connectivity index (χ0n) is 8.07. The minimum atomic E-state index is -0.275. The molecule has 0 radical (unpaired) electrons. The van der Waals surface area contributed by atoms with Gasteiger partial charge in [-0.3, -0.25) is 4.79 Å². The molecule has 1 N–H and O–H groups in total. The predicted molar refractivity (Wildman–Crippen MR) is 49.1 cm³/mol. The van der Waals surface area contributed by atoms with Crippen molar-refractivity contribution in [3.05, 3.63) is 0 Å². The van der Waals surface area contributed by atoms with Gasteiger partial charge in [0.1, 0.15) is 0 Å². The van der Waals surface area contributed by atoms with Crippen molar-refractivity contribution in [1.82, 2.24) is 4.90 Å². The van der Waals surface area contributed by atoms with Crippen LogP contribution in [0.1, 0.15) is 26.2 Å². The van der Waals surface area contributed by atoms with Crippen LogP contribution >= 0.6 is 0 Å². The second kappa shape index (κ2) is 3.29. The molecule has 0 spiro atoms. The largest absolute Gasteiger partial charge is 0.391 e. The van der Waals surface area contributed by atoms with E-state index in [9.17, 15) is 9.90 Å². The minimum Gasteiger partial charge on any atom is -0.391 e. The van der Waals surface area contributed by atoms with Crippen molar-refractivity contribution in [2.45, 2.75) is 32.3 Å². The van der Waals surface area contributed by atoms with Crippen molar-refractivity contribution in [3.8, 4) is 0 Å². The maximum Gasteiger partial charge on any atom is 0.226 e. The smallest absolute Gasteiger partial charge is 0.226 e. The highest BCUT2D eigenvalue weighted by Gasteiger charge is 2.44. The van der Waals surface area contributed by atoms with E-state index in [-0.39, 0.29) is 17.9 Å². The Labute approximate surface area is 78.7 Å². The number of hydrogen-bond acceptors (Lipinski definition) is 2. The number of nitrogens with zero attached hydrogens (tertiary/aromatic N) is 1.